The standard InChI is InChI=1S/C16H27NS/c1-4-13-6-7-14(10-17-5-2)16(9-13)15-8-12(3)18-11-15/h8,11,13-14,16-17H,4-7,9-10H2,1-3H3. The summed E-state index contributed by atoms with van der Waals surface area (Å²) in [6.45, 7) is 9.09. The van der Waals surface area contributed by atoms with Gasteiger partial charge in [-0.05, 0) is 67.6 Å². The topological polar surface area (TPSA) is 12.0 Å². The van der Waals surface area contributed by atoms with E-state index in [0.717, 1.165) is 24.3 Å². The zero-order chi connectivity index (χ0) is 13.0. The van der Waals surface area contributed by atoms with Gasteiger partial charge < -0.3 is 5.32 Å². The second kappa shape index (κ2) is 6.72. The van der Waals surface area contributed by atoms with E-state index in [4.69, 9.17) is 0 Å². The normalized spacial score (nSPS) is 28.5. The quantitative estimate of drug-likeness (QED) is 0.822. The van der Waals surface area contributed by atoms with Gasteiger partial charge in [0.15, 0.2) is 0 Å². The average molecular weight is 265 g/mol. The number of hydrogen-bond acceptors (Lipinski definition) is 2. The molecular weight excluding hydrogens is 238 g/mol. The third kappa shape index (κ3) is 3.36. The van der Waals surface area contributed by atoms with Crippen molar-refractivity contribution in [2.24, 2.45) is 11.8 Å². The molecule has 0 radical (unpaired) electrons. The van der Waals surface area contributed by atoms with Crippen LogP contribution in [0.5, 0.6) is 0 Å². The predicted octanol–water partition coefficient (Wildman–Crippen LogP) is 4.58. The van der Waals surface area contributed by atoms with E-state index in [0.29, 0.717) is 0 Å². The number of thiophene rings is 1. The molecule has 1 saturated carbocycles. The first-order valence-corrected chi connectivity index (χ1v) is 8.38. The highest BCUT2D eigenvalue weighted by molar-refractivity contribution is 7.10. The summed E-state index contributed by atoms with van der Waals surface area (Å²) in [5.41, 5.74) is 1.61. The third-order valence-corrected chi connectivity index (χ3v) is 5.39. The van der Waals surface area contributed by atoms with Crippen LogP contribution in [0.3, 0.4) is 0 Å². The lowest BCUT2D eigenvalue weighted by Gasteiger charge is -2.36. The first-order valence-electron chi connectivity index (χ1n) is 7.50. The van der Waals surface area contributed by atoms with Crippen molar-refractivity contribution in [3.63, 3.8) is 0 Å². The minimum absolute atomic E-state index is 0.799. The van der Waals surface area contributed by atoms with Gasteiger partial charge in [0, 0.05) is 4.88 Å². The van der Waals surface area contributed by atoms with Crippen molar-refractivity contribution < 1.29 is 0 Å². The van der Waals surface area contributed by atoms with Gasteiger partial charge in [-0.2, -0.15) is 0 Å². The molecule has 0 spiro atoms. The van der Waals surface area contributed by atoms with E-state index in [2.05, 4.69) is 37.5 Å². The van der Waals surface area contributed by atoms with Gasteiger partial charge in [0.25, 0.3) is 0 Å². The van der Waals surface area contributed by atoms with E-state index in [9.17, 15) is 0 Å². The van der Waals surface area contributed by atoms with Crippen LogP contribution >= 0.6 is 11.3 Å². The molecular formula is C16H27NS. The second-order valence-corrected chi connectivity index (χ2v) is 6.87. The molecule has 0 aromatic carbocycles. The van der Waals surface area contributed by atoms with Gasteiger partial charge >= 0.3 is 0 Å². The minimum Gasteiger partial charge on any atom is -0.317 e. The highest BCUT2D eigenvalue weighted by Gasteiger charge is 2.30. The maximum Gasteiger partial charge on any atom is 0.00171 e. The minimum atomic E-state index is 0.799. The molecule has 18 heavy (non-hydrogen) atoms. The molecule has 1 aromatic heterocycles. The van der Waals surface area contributed by atoms with E-state index in [1.165, 1.54) is 37.1 Å². The number of hydrogen-bond donors (Lipinski definition) is 1. The van der Waals surface area contributed by atoms with E-state index >= 15 is 0 Å². The Hall–Kier alpha value is -0.340. The molecule has 0 bridgehead atoms. The number of aryl methyl sites for hydroxylation is 1. The van der Waals surface area contributed by atoms with Crippen LogP contribution in [0.15, 0.2) is 11.4 Å². The highest BCUT2D eigenvalue weighted by atomic mass is 32.1. The van der Waals surface area contributed by atoms with Crippen molar-refractivity contribution in [1.29, 1.82) is 0 Å². The third-order valence-electron chi connectivity index (χ3n) is 4.51. The fourth-order valence-electron chi connectivity index (χ4n) is 3.33. The molecule has 2 rings (SSSR count). The summed E-state index contributed by atoms with van der Waals surface area (Å²) in [5.74, 6) is 2.60. The molecule has 1 aliphatic carbocycles. The Labute approximate surface area is 116 Å². The zero-order valence-electron chi connectivity index (χ0n) is 12.0. The van der Waals surface area contributed by atoms with Gasteiger partial charge in [0.05, 0.1) is 0 Å². The van der Waals surface area contributed by atoms with Gasteiger partial charge in [0.1, 0.15) is 0 Å². The van der Waals surface area contributed by atoms with Gasteiger partial charge in [-0.3, -0.25) is 0 Å². The van der Waals surface area contributed by atoms with Gasteiger partial charge in [0.2, 0.25) is 0 Å². The van der Waals surface area contributed by atoms with Crippen LogP contribution in [-0.4, -0.2) is 13.1 Å². The SMILES string of the molecule is CCNCC1CCC(CC)CC1c1csc(C)c1. The van der Waals surface area contributed by atoms with E-state index in [-0.39, 0.29) is 0 Å². The summed E-state index contributed by atoms with van der Waals surface area (Å²) < 4.78 is 0. The van der Waals surface area contributed by atoms with Crippen molar-refractivity contribution in [2.45, 2.75) is 52.4 Å². The Morgan fingerprint density at radius 3 is 2.78 bits per heavy atom. The Morgan fingerprint density at radius 1 is 1.33 bits per heavy atom. The lowest BCUT2D eigenvalue weighted by Crippen LogP contribution is -2.31. The van der Waals surface area contributed by atoms with Crippen LogP contribution in [0.1, 0.15) is 55.9 Å². The van der Waals surface area contributed by atoms with Crippen LogP contribution in [0, 0.1) is 18.8 Å². The molecule has 1 aliphatic rings. The molecule has 102 valence electrons. The van der Waals surface area contributed by atoms with Crippen LogP contribution in [0.4, 0.5) is 0 Å². The fraction of sp³-hybridized carbons (Fsp3) is 0.750. The predicted molar refractivity (Wildman–Crippen MR) is 81.5 cm³/mol. The second-order valence-electron chi connectivity index (χ2n) is 5.75. The molecule has 3 atom stereocenters. The molecule has 2 heteroatoms. The van der Waals surface area contributed by atoms with E-state index in [1.807, 2.05) is 11.3 Å². The van der Waals surface area contributed by atoms with Gasteiger partial charge in [-0.1, -0.05) is 26.7 Å². The van der Waals surface area contributed by atoms with Gasteiger partial charge in [-0.25, -0.2) is 0 Å². The maximum absolute atomic E-state index is 3.56. The zero-order valence-corrected chi connectivity index (χ0v) is 12.9. The molecule has 1 fully saturated rings. The largest absolute Gasteiger partial charge is 0.317 e. The molecule has 1 N–H and O–H groups in total. The molecule has 0 amide bonds. The molecule has 0 saturated heterocycles. The van der Waals surface area contributed by atoms with E-state index in [1.54, 1.807) is 5.56 Å². The summed E-state index contributed by atoms with van der Waals surface area (Å²) in [4.78, 5) is 1.46. The summed E-state index contributed by atoms with van der Waals surface area (Å²) in [6.07, 6.45) is 5.60. The Bertz CT molecular complexity index is 358. The number of rotatable bonds is 5. The summed E-state index contributed by atoms with van der Waals surface area (Å²) in [5, 5.41) is 5.96. The fourth-order valence-corrected chi connectivity index (χ4v) is 4.10. The van der Waals surface area contributed by atoms with Crippen LogP contribution < -0.4 is 5.32 Å². The van der Waals surface area contributed by atoms with Crippen molar-refractivity contribution in [3.05, 3.63) is 21.9 Å². The summed E-state index contributed by atoms with van der Waals surface area (Å²) in [6, 6.07) is 2.42. The Balaban J connectivity index is 2.08. The van der Waals surface area contributed by atoms with Crippen molar-refractivity contribution in [1.82, 2.24) is 5.32 Å². The van der Waals surface area contributed by atoms with Crippen molar-refractivity contribution in [2.75, 3.05) is 13.1 Å². The highest BCUT2D eigenvalue weighted by Crippen LogP contribution is 2.42. The Kier molecular flexibility index (Phi) is 5.25. The summed E-state index contributed by atoms with van der Waals surface area (Å²) >= 11 is 1.91. The molecule has 3 unspecified atom stereocenters. The van der Waals surface area contributed by atoms with Crippen molar-refractivity contribution in [3.8, 4) is 0 Å². The number of nitrogens with one attached hydrogen (secondary N) is 1. The average Bonchev–Trinajstić information content (AvgIpc) is 2.82. The lowest BCUT2D eigenvalue weighted by atomic mass is 9.71. The smallest absolute Gasteiger partial charge is 0.00171 e. The monoisotopic (exact) mass is 265 g/mol. The van der Waals surface area contributed by atoms with Crippen molar-refractivity contribution >= 4 is 11.3 Å². The molecule has 1 aromatic rings. The van der Waals surface area contributed by atoms with E-state index < -0.39 is 0 Å². The maximum atomic E-state index is 3.56. The van der Waals surface area contributed by atoms with Crippen LogP contribution in [-0.2, 0) is 0 Å². The lowest BCUT2D eigenvalue weighted by molar-refractivity contribution is 0.227. The summed E-state index contributed by atoms with van der Waals surface area (Å²) in [7, 11) is 0. The molecule has 1 heterocycles. The Morgan fingerprint density at radius 2 is 2.17 bits per heavy atom. The van der Waals surface area contributed by atoms with Crippen LogP contribution in [0.2, 0.25) is 0 Å². The molecule has 1 nitrogen and oxygen atoms in total. The first kappa shape index (κ1) is 14.1. The first-order chi connectivity index (χ1) is 8.74. The van der Waals surface area contributed by atoms with Crippen LogP contribution in [0.25, 0.3) is 0 Å². The molecule has 0 aliphatic heterocycles. The van der Waals surface area contributed by atoms with Gasteiger partial charge in [-0.15, -0.1) is 11.3 Å².